The first-order chi connectivity index (χ1) is 9.13. The van der Waals surface area contributed by atoms with E-state index in [1.54, 1.807) is 0 Å². The van der Waals surface area contributed by atoms with Crippen LogP contribution in [0.1, 0.15) is 46.0 Å². The lowest BCUT2D eigenvalue weighted by atomic mass is 10.2. The van der Waals surface area contributed by atoms with E-state index in [0.717, 1.165) is 38.8 Å². The zero-order chi connectivity index (χ0) is 14.5. The van der Waals surface area contributed by atoms with Gasteiger partial charge in [0.05, 0.1) is 20.3 Å². The summed E-state index contributed by atoms with van der Waals surface area (Å²) in [5, 5.41) is 0. The molecular weight excluding hydrogens is 246 g/mol. The molecule has 0 N–H and O–H groups in total. The molecule has 0 atom stereocenters. The minimum Gasteiger partial charge on any atom is -0.468 e. The van der Waals surface area contributed by atoms with Gasteiger partial charge in [0, 0.05) is 6.42 Å². The standard InChI is InChI=1S/C14H27NO4/c1-4-10-15(12-14(17)18-3)11-8-6-7-9-13(16)19-5-2/h4-12H2,1-3H3. The normalized spacial score (nSPS) is 10.5. The van der Waals surface area contributed by atoms with Gasteiger partial charge >= 0.3 is 11.9 Å². The van der Waals surface area contributed by atoms with Crippen LogP contribution in [0.5, 0.6) is 0 Å². The van der Waals surface area contributed by atoms with Crippen LogP contribution in [0.2, 0.25) is 0 Å². The van der Waals surface area contributed by atoms with E-state index >= 15 is 0 Å². The maximum absolute atomic E-state index is 11.2. The van der Waals surface area contributed by atoms with E-state index in [1.807, 2.05) is 6.92 Å². The fourth-order valence-electron chi connectivity index (χ4n) is 1.85. The van der Waals surface area contributed by atoms with Gasteiger partial charge in [-0.15, -0.1) is 0 Å². The summed E-state index contributed by atoms with van der Waals surface area (Å²) in [6.07, 6.45) is 4.30. The number of hydrogen-bond donors (Lipinski definition) is 0. The van der Waals surface area contributed by atoms with Crippen LogP contribution in [0.15, 0.2) is 0 Å². The highest BCUT2D eigenvalue weighted by Gasteiger charge is 2.09. The largest absolute Gasteiger partial charge is 0.468 e. The zero-order valence-electron chi connectivity index (χ0n) is 12.4. The molecule has 0 radical (unpaired) electrons. The second-order valence-electron chi connectivity index (χ2n) is 4.47. The summed E-state index contributed by atoms with van der Waals surface area (Å²) in [6, 6.07) is 0. The number of nitrogens with zero attached hydrogens (tertiary/aromatic N) is 1. The number of methoxy groups -OCH3 is 1. The third kappa shape index (κ3) is 10.5. The van der Waals surface area contributed by atoms with Crippen molar-refractivity contribution in [3.05, 3.63) is 0 Å². The van der Waals surface area contributed by atoms with Crippen molar-refractivity contribution in [1.82, 2.24) is 4.90 Å². The van der Waals surface area contributed by atoms with Gasteiger partial charge in [-0.1, -0.05) is 13.3 Å². The van der Waals surface area contributed by atoms with Crippen molar-refractivity contribution in [1.29, 1.82) is 0 Å². The van der Waals surface area contributed by atoms with Crippen LogP contribution in [-0.2, 0) is 19.1 Å². The molecule has 19 heavy (non-hydrogen) atoms. The molecule has 0 aromatic rings. The summed E-state index contributed by atoms with van der Waals surface area (Å²) in [7, 11) is 1.41. The number of rotatable bonds is 11. The zero-order valence-corrected chi connectivity index (χ0v) is 12.4. The highest BCUT2D eigenvalue weighted by atomic mass is 16.5. The first-order valence-electron chi connectivity index (χ1n) is 7.08. The fourth-order valence-corrected chi connectivity index (χ4v) is 1.85. The Hall–Kier alpha value is -1.10. The molecule has 0 aromatic carbocycles. The lowest BCUT2D eigenvalue weighted by molar-refractivity contribution is -0.143. The SMILES string of the molecule is CCCN(CCCCCC(=O)OCC)CC(=O)OC. The minimum atomic E-state index is -0.194. The number of hydrogen-bond acceptors (Lipinski definition) is 5. The van der Waals surface area contributed by atoms with Crippen LogP contribution < -0.4 is 0 Å². The molecule has 0 saturated carbocycles. The summed E-state index contributed by atoms with van der Waals surface area (Å²) in [5.74, 6) is -0.317. The van der Waals surface area contributed by atoms with Crippen molar-refractivity contribution in [2.45, 2.75) is 46.0 Å². The Morgan fingerprint density at radius 2 is 1.74 bits per heavy atom. The van der Waals surface area contributed by atoms with Crippen LogP contribution in [0.3, 0.4) is 0 Å². The van der Waals surface area contributed by atoms with Gasteiger partial charge in [-0.3, -0.25) is 14.5 Å². The summed E-state index contributed by atoms with van der Waals surface area (Å²) in [5.41, 5.74) is 0. The number of esters is 2. The second kappa shape index (κ2) is 12.0. The van der Waals surface area contributed by atoms with Gasteiger partial charge in [0.25, 0.3) is 0 Å². The Balaban J connectivity index is 3.69. The Bertz CT molecular complexity index is 256. The Morgan fingerprint density at radius 1 is 1.00 bits per heavy atom. The fraction of sp³-hybridized carbons (Fsp3) is 0.857. The van der Waals surface area contributed by atoms with Gasteiger partial charge in [-0.25, -0.2) is 0 Å². The topological polar surface area (TPSA) is 55.8 Å². The van der Waals surface area contributed by atoms with Crippen molar-refractivity contribution in [3.63, 3.8) is 0 Å². The predicted octanol–water partition coefficient (Wildman–Crippen LogP) is 1.99. The molecule has 0 aliphatic heterocycles. The molecular formula is C14H27NO4. The van der Waals surface area contributed by atoms with Gasteiger partial charge in [-0.2, -0.15) is 0 Å². The average Bonchev–Trinajstić information content (AvgIpc) is 2.38. The quantitative estimate of drug-likeness (QED) is 0.426. The first kappa shape index (κ1) is 17.9. The van der Waals surface area contributed by atoms with E-state index in [2.05, 4.69) is 16.6 Å². The molecule has 0 aromatic heterocycles. The molecule has 0 amide bonds. The Morgan fingerprint density at radius 3 is 2.32 bits per heavy atom. The Kier molecular flexibility index (Phi) is 11.3. The molecule has 5 nitrogen and oxygen atoms in total. The third-order valence-corrected chi connectivity index (χ3v) is 2.78. The van der Waals surface area contributed by atoms with Gasteiger partial charge in [0.15, 0.2) is 0 Å². The van der Waals surface area contributed by atoms with Crippen LogP contribution >= 0.6 is 0 Å². The maximum Gasteiger partial charge on any atom is 0.319 e. The smallest absolute Gasteiger partial charge is 0.319 e. The number of carbonyl (C=O) groups excluding carboxylic acids is 2. The number of carbonyl (C=O) groups is 2. The van der Waals surface area contributed by atoms with E-state index in [1.165, 1.54) is 7.11 Å². The maximum atomic E-state index is 11.2. The van der Waals surface area contributed by atoms with Crippen LogP contribution in [-0.4, -0.2) is 50.2 Å². The second-order valence-corrected chi connectivity index (χ2v) is 4.47. The molecule has 0 bridgehead atoms. The molecule has 0 spiro atoms. The van der Waals surface area contributed by atoms with E-state index in [-0.39, 0.29) is 11.9 Å². The van der Waals surface area contributed by atoms with Gasteiger partial charge in [0.1, 0.15) is 0 Å². The van der Waals surface area contributed by atoms with Crippen molar-refractivity contribution >= 4 is 11.9 Å². The molecule has 0 heterocycles. The van der Waals surface area contributed by atoms with Crippen molar-refractivity contribution in [2.75, 3.05) is 33.4 Å². The van der Waals surface area contributed by atoms with E-state index in [0.29, 0.717) is 19.6 Å². The highest BCUT2D eigenvalue weighted by molar-refractivity contribution is 5.71. The molecule has 0 saturated heterocycles. The summed E-state index contributed by atoms with van der Waals surface area (Å²) in [4.78, 5) is 24.4. The first-order valence-corrected chi connectivity index (χ1v) is 7.08. The Labute approximate surface area is 116 Å². The summed E-state index contributed by atoms with van der Waals surface area (Å²) >= 11 is 0. The highest BCUT2D eigenvalue weighted by Crippen LogP contribution is 2.04. The van der Waals surface area contributed by atoms with E-state index < -0.39 is 0 Å². The molecule has 0 unspecified atom stereocenters. The minimum absolute atomic E-state index is 0.123. The van der Waals surface area contributed by atoms with Crippen molar-refractivity contribution < 1.29 is 19.1 Å². The van der Waals surface area contributed by atoms with Gasteiger partial charge < -0.3 is 9.47 Å². The monoisotopic (exact) mass is 273 g/mol. The molecule has 0 rings (SSSR count). The average molecular weight is 273 g/mol. The van der Waals surface area contributed by atoms with Crippen LogP contribution in [0, 0.1) is 0 Å². The van der Waals surface area contributed by atoms with Gasteiger partial charge in [0.2, 0.25) is 0 Å². The summed E-state index contributed by atoms with van der Waals surface area (Å²) in [6.45, 7) is 6.46. The molecule has 5 heteroatoms. The molecule has 0 fully saturated rings. The summed E-state index contributed by atoms with van der Waals surface area (Å²) < 4.78 is 9.54. The van der Waals surface area contributed by atoms with E-state index in [4.69, 9.17) is 4.74 Å². The predicted molar refractivity (Wildman–Crippen MR) is 73.8 cm³/mol. The molecule has 0 aliphatic rings. The van der Waals surface area contributed by atoms with Crippen molar-refractivity contribution in [2.24, 2.45) is 0 Å². The van der Waals surface area contributed by atoms with Crippen molar-refractivity contribution in [3.8, 4) is 0 Å². The van der Waals surface area contributed by atoms with Gasteiger partial charge in [-0.05, 0) is 39.3 Å². The molecule has 0 aliphatic carbocycles. The third-order valence-electron chi connectivity index (χ3n) is 2.78. The number of ether oxygens (including phenoxy) is 2. The molecule has 112 valence electrons. The van der Waals surface area contributed by atoms with Crippen LogP contribution in [0.25, 0.3) is 0 Å². The van der Waals surface area contributed by atoms with E-state index in [9.17, 15) is 9.59 Å². The van der Waals surface area contributed by atoms with Crippen LogP contribution in [0.4, 0.5) is 0 Å². The lowest BCUT2D eigenvalue weighted by Crippen LogP contribution is -2.32. The lowest BCUT2D eigenvalue weighted by Gasteiger charge is -2.19. The number of unbranched alkanes of at least 4 members (excludes halogenated alkanes) is 2.